The van der Waals surface area contributed by atoms with Crippen LogP contribution < -0.4 is 0 Å². The van der Waals surface area contributed by atoms with Crippen molar-refractivity contribution >= 4 is 19.8 Å². The van der Waals surface area contributed by atoms with Gasteiger partial charge in [0.2, 0.25) is 0 Å². The Bertz CT molecular complexity index is 735. The third-order valence-corrected chi connectivity index (χ3v) is 7.43. The summed E-state index contributed by atoms with van der Waals surface area (Å²) < 4.78 is 32.6. The van der Waals surface area contributed by atoms with Crippen LogP contribution in [0.2, 0.25) is 0 Å². The fourth-order valence-electron chi connectivity index (χ4n) is 4.05. The first kappa shape index (κ1) is 35.9. The lowest BCUT2D eigenvalue weighted by Gasteiger charge is -2.41. The van der Waals surface area contributed by atoms with Gasteiger partial charge in [0.1, 0.15) is 43.2 Å². The molecular formula is C25H47O13P. The van der Waals surface area contributed by atoms with E-state index in [2.05, 4.69) is 13.8 Å². The Morgan fingerprint density at radius 3 is 1.67 bits per heavy atom. The number of hydrogen-bond acceptors (Lipinski definition) is 12. The molecule has 1 saturated carbocycles. The summed E-state index contributed by atoms with van der Waals surface area (Å²) in [4.78, 5) is 34.5. The summed E-state index contributed by atoms with van der Waals surface area (Å²) >= 11 is 0. The maximum absolute atomic E-state index is 12.5. The van der Waals surface area contributed by atoms with Crippen LogP contribution in [-0.2, 0) is 32.7 Å². The Balaban J connectivity index is 2.70. The number of hydrogen-bond donors (Lipinski definition) is 6. The quantitative estimate of drug-likeness (QED) is 0.0679. The topological polar surface area (TPSA) is 210 Å². The van der Waals surface area contributed by atoms with Crippen LogP contribution in [-0.4, -0.2) is 98.3 Å². The molecule has 0 spiro atoms. The zero-order valence-electron chi connectivity index (χ0n) is 22.9. The van der Waals surface area contributed by atoms with Gasteiger partial charge < -0.3 is 39.9 Å². The van der Waals surface area contributed by atoms with E-state index in [1.165, 1.54) is 0 Å². The summed E-state index contributed by atoms with van der Waals surface area (Å²) in [5.41, 5.74) is 0. The van der Waals surface area contributed by atoms with Gasteiger partial charge in [-0.3, -0.25) is 18.6 Å². The van der Waals surface area contributed by atoms with Gasteiger partial charge in [0.05, 0.1) is 6.61 Å². The molecule has 0 aliphatic heterocycles. The monoisotopic (exact) mass is 586 g/mol. The van der Waals surface area contributed by atoms with Crippen molar-refractivity contribution < 1.29 is 63.1 Å². The lowest BCUT2D eigenvalue weighted by Crippen LogP contribution is -2.64. The highest BCUT2D eigenvalue weighted by Crippen LogP contribution is 2.47. The number of esters is 2. The molecule has 1 fully saturated rings. The van der Waals surface area contributed by atoms with E-state index >= 15 is 0 Å². The van der Waals surface area contributed by atoms with Gasteiger partial charge in [-0.05, 0) is 12.8 Å². The smallest absolute Gasteiger partial charge is 0.462 e. The molecule has 0 radical (unpaired) electrons. The van der Waals surface area contributed by atoms with Crippen LogP contribution in [0.3, 0.4) is 0 Å². The minimum Gasteiger partial charge on any atom is -0.462 e. The Morgan fingerprint density at radius 2 is 1.15 bits per heavy atom. The fraction of sp³-hybridized carbons (Fsp3) is 0.920. The Labute approximate surface area is 230 Å². The van der Waals surface area contributed by atoms with Crippen LogP contribution in [0.15, 0.2) is 0 Å². The van der Waals surface area contributed by atoms with Gasteiger partial charge >= 0.3 is 19.8 Å². The molecule has 0 aromatic heterocycles. The summed E-state index contributed by atoms with van der Waals surface area (Å²) in [6, 6.07) is 0. The third kappa shape index (κ3) is 13.8. The van der Waals surface area contributed by atoms with Gasteiger partial charge in [0.25, 0.3) is 0 Å². The lowest BCUT2D eigenvalue weighted by atomic mass is 9.85. The predicted molar refractivity (Wildman–Crippen MR) is 138 cm³/mol. The van der Waals surface area contributed by atoms with Crippen LogP contribution in [0.5, 0.6) is 0 Å². The van der Waals surface area contributed by atoms with E-state index in [1.54, 1.807) is 0 Å². The number of aliphatic hydroxyl groups is 5. The number of phosphoric acid groups is 1. The van der Waals surface area contributed by atoms with Gasteiger partial charge in [0.15, 0.2) is 6.10 Å². The Hall–Kier alpha value is -1.15. The summed E-state index contributed by atoms with van der Waals surface area (Å²) in [5.74, 6) is -1.13. The van der Waals surface area contributed by atoms with Gasteiger partial charge in [-0.1, -0.05) is 65.2 Å². The van der Waals surface area contributed by atoms with Gasteiger partial charge in [-0.2, -0.15) is 0 Å². The number of aliphatic hydroxyl groups excluding tert-OH is 5. The zero-order valence-corrected chi connectivity index (χ0v) is 23.8. The fourth-order valence-corrected chi connectivity index (χ4v) is 5.02. The van der Waals surface area contributed by atoms with Crippen LogP contribution in [0.4, 0.5) is 0 Å². The number of unbranched alkanes of at least 4 members (excludes halogenated alkanes) is 8. The molecule has 6 N–H and O–H groups in total. The van der Waals surface area contributed by atoms with Crippen molar-refractivity contribution in [3.63, 3.8) is 0 Å². The second-order valence-corrected chi connectivity index (χ2v) is 11.3. The van der Waals surface area contributed by atoms with Crippen LogP contribution in [0, 0.1) is 0 Å². The first-order chi connectivity index (χ1) is 18.4. The molecule has 0 aromatic carbocycles. The summed E-state index contributed by atoms with van der Waals surface area (Å²) in [7, 11) is -5.07. The van der Waals surface area contributed by atoms with Crippen molar-refractivity contribution in [2.75, 3.05) is 13.2 Å². The van der Waals surface area contributed by atoms with Crippen molar-refractivity contribution in [3.05, 3.63) is 0 Å². The molecule has 6 atom stereocenters. The Morgan fingerprint density at radius 1 is 0.692 bits per heavy atom. The SMILES string of the molecule is CCCCCCCC(=O)OCC(COP(=O)(O)OC1C(O)C(O)C(O)C(O)C1O)OC(=O)CCCCCCC. The average Bonchev–Trinajstić information content (AvgIpc) is 2.90. The second kappa shape index (κ2) is 19.1. The number of phosphoric ester groups is 1. The van der Waals surface area contributed by atoms with E-state index in [0.29, 0.717) is 12.8 Å². The molecule has 1 rings (SSSR count). The highest BCUT2D eigenvalue weighted by molar-refractivity contribution is 7.47. The molecule has 230 valence electrons. The molecule has 1 aliphatic rings. The van der Waals surface area contributed by atoms with Gasteiger partial charge in [0, 0.05) is 12.8 Å². The molecule has 0 bridgehead atoms. The first-order valence-electron chi connectivity index (χ1n) is 13.8. The number of carbonyl (C=O) groups excluding carboxylic acids is 2. The van der Waals surface area contributed by atoms with Crippen molar-refractivity contribution in [1.29, 1.82) is 0 Å². The number of rotatable bonds is 20. The molecular weight excluding hydrogens is 539 g/mol. The van der Waals surface area contributed by atoms with E-state index in [9.17, 15) is 44.6 Å². The molecule has 1 aliphatic carbocycles. The maximum atomic E-state index is 12.5. The minimum atomic E-state index is -5.07. The highest BCUT2D eigenvalue weighted by atomic mass is 31.2. The molecule has 39 heavy (non-hydrogen) atoms. The van der Waals surface area contributed by atoms with E-state index in [1.807, 2.05) is 0 Å². The molecule has 0 heterocycles. The van der Waals surface area contributed by atoms with Crippen molar-refractivity contribution in [1.82, 2.24) is 0 Å². The summed E-state index contributed by atoms with van der Waals surface area (Å²) in [6.45, 7) is 2.98. The number of ether oxygens (including phenoxy) is 2. The highest BCUT2D eigenvalue weighted by Gasteiger charge is 2.51. The van der Waals surface area contributed by atoms with Gasteiger partial charge in [-0.15, -0.1) is 0 Å². The zero-order chi connectivity index (χ0) is 29.4. The summed E-state index contributed by atoms with van der Waals surface area (Å²) in [6.07, 6.45) is -3.78. The van der Waals surface area contributed by atoms with E-state index < -0.39 is 75.7 Å². The Kier molecular flexibility index (Phi) is 17.5. The standard InChI is InChI=1S/C25H47O13P/c1-3-5-7-9-11-13-18(26)35-15-17(37-19(27)14-12-10-8-6-4-2)16-36-39(33,34)38-25-23(31)21(29)20(28)22(30)24(25)32/h17,20-25,28-32H,3-16H2,1-2H3,(H,33,34). The molecule has 6 unspecified atom stereocenters. The predicted octanol–water partition coefficient (Wildman–Crippen LogP) is 1.48. The normalized spacial score (nSPS) is 27.5. The first-order valence-corrected chi connectivity index (χ1v) is 15.3. The lowest BCUT2D eigenvalue weighted by molar-refractivity contribution is -0.220. The van der Waals surface area contributed by atoms with E-state index in [-0.39, 0.29) is 12.8 Å². The molecule has 14 heteroatoms. The molecule has 13 nitrogen and oxygen atoms in total. The van der Waals surface area contributed by atoms with E-state index in [4.69, 9.17) is 18.5 Å². The molecule has 0 saturated heterocycles. The maximum Gasteiger partial charge on any atom is 0.472 e. The van der Waals surface area contributed by atoms with Gasteiger partial charge in [-0.25, -0.2) is 4.57 Å². The minimum absolute atomic E-state index is 0.0947. The molecule has 0 aromatic rings. The van der Waals surface area contributed by atoms with E-state index in [0.717, 1.165) is 51.4 Å². The van der Waals surface area contributed by atoms with Crippen molar-refractivity contribution in [3.8, 4) is 0 Å². The average molecular weight is 587 g/mol. The largest absolute Gasteiger partial charge is 0.472 e. The summed E-state index contributed by atoms with van der Waals surface area (Å²) in [5, 5.41) is 49.3. The van der Waals surface area contributed by atoms with Crippen molar-refractivity contribution in [2.24, 2.45) is 0 Å². The second-order valence-electron chi connectivity index (χ2n) is 9.91. The number of carbonyl (C=O) groups is 2. The van der Waals surface area contributed by atoms with Crippen molar-refractivity contribution in [2.45, 2.75) is 134 Å². The van der Waals surface area contributed by atoms with Crippen LogP contribution in [0.25, 0.3) is 0 Å². The molecule has 0 amide bonds. The third-order valence-electron chi connectivity index (χ3n) is 6.45. The van der Waals surface area contributed by atoms with Crippen LogP contribution >= 0.6 is 7.82 Å². The van der Waals surface area contributed by atoms with Crippen LogP contribution in [0.1, 0.15) is 90.9 Å².